The molecule has 3 N–H and O–H groups in total. The predicted octanol–water partition coefficient (Wildman–Crippen LogP) is 0.823. The standard InChI is InChI=1S/C16H26N4O2S/c1-17-15(18-11-12-20-23(2,21)22)19-13-16(9-6-10-16)14-7-4-3-5-8-14/h3-5,7-8,20H,6,9-13H2,1-2H3,(H2,17,18,19). The van der Waals surface area contributed by atoms with Crippen LogP contribution in [0.15, 0.2) is 35.3 Å². The second-order valence-corrected chi connectivity index (χ2v) is 7.85. The van der Waals surface area contributed by atoms with Gasteiger partial charge in [-0.15, -0.1) is 0 Å². The van der Waals surface area contributed by atoms with Gasteiger partial charge in [-0.1, -0.05) is 36.8 Å². The van der Waals surface area contributed by atoms with E-state index in [1.165, 1.54) is 24.8 Å². The summed E-state index contributed by atoms with van der Waals surface area (Å²) in [5, 5.41) is 6.50. The lowest BCUT2D eigenvalue weighted by atomic mass is 9.64. The highest BCUT2D eigenvalue weighted by Gasteiger charge is 2.38. The summed E-state index contributed by atoms with van der Waals surface area (Å²) >= 11 is 0. The molecule has 1 aliphatic carbocycles. The van der Waals surface area contributed by atoms with E-state index in [9.17, 15) is 8.42 Å². The zero-order valence-electron chi connectivity index (χ0n) is 13.8. The molecule has 0 spiro atoms. The zero-order chi connectivity index (χ0) is 16.8. The number of rotatable bonds is 7. The van der Waals surface area contributed by atoms with E-state index >= 15 is 0 Å². The maximum Gasteiger partial charge on any atom is 0.208 e. The van der Waals surface area contributed by atoms with E-state index in [2.05, 4.69) is 44.6 Å². The van der Waals surface area contributed by atoms with Crippen LogP contribution in [0.3, 0.4) is 0 Å². The van der Waals surface area contributed by atoms with Crippen molar-refractivity contribution in [3.8, 4) is 0 Å². The number of benzene rings is 1. The Kier molecular flexibility index (Phi) is 6.01. The van der Waals surface area contributed by atoms with E-state index in [0.29, 0.717) is 19.0 Å². The number of hydrogen-bond donors (Lipinski definition) is 3. The molecule has 0 bridgehead atoms. The Balaban J connectivity index is 1.83. The Labute approximate surface area is 138 Å². The molecule has 0 saturated heterocycles. The summed E-state index contributed by atoms with van der Waals surface area (Å²) < 4.78 is 24.5. The minimum absolute atomic E-state index is 0.184. The molecule has 0 aromatic heterocycles. The number of nitrogens with zero attached hydrogens (tertiary/aromatic N) is 1. The largest absolute Gasteiger partial charge is 0.356 e. The van der Waals surface area contributed by atoms with Gasteiger partial charge in [-0.2, -0.15) is 0 Å². The molecule has 1 aliphatic rings. The van der Waals surface area contributed by atoms with Gasteiger partial charge in [0, 0.05) is 32.1 Å². The van der Waals surface area contributed by atoms with Gasteiger partial charge in [-0.3, -0.25) is 4.99 Å². The fraction of sp³-hybridized carbons (Fsp3) is 0.562. The van der Waals surface area contributed by atoms with Crippen LogP contribution in [0.1, 0.15) is 24.8 Å². The van der Waals surface area contributed by atoms with Crippen LogP contribution >= 0.6 is 0 Å². The van der Waals surface area contributed by atoms with Gasteiger partial charge in [0.25, 0.3) is 0 Å². The molecule has 0 amide bonds. The molecule has 6 nitrogen and oxygen atoms in total. The lowest BCUT2D eigenvalue weighted by Gasteiger charge is -2.43. The van der Waals surface area contributed by atoms with Crippen LogP contribution in [-0.2, 0) is 15.4 Å². The predicted molar refractivity (Wildman–Crippen MR) is 94.2 cm³/mol. The van der Waals surface area contributed by atoms with Crippen LogP contribution < -0.4 is 15.4 Å². The second-order valence-electron chi connectivity index (χ2n) is 6.02. The zero-order valence-corrected chi connectivity index (χ0v) is 14.6. The monoisotopic (exact) mass is 338 g/mol. The first-order chi connectivity index (χ1) is 11.0. The maximum atomic E-state index is 11.0. The van der Waals surface area contributed by atoms with Gasteiger partial charge >= 0.3 is 0 Å². The summed E-state index contributed by atoms with van der Waals surface area (Å²) in [5.41, 5.74) is 1.55. The van der Waals surface area contributed by atoms with Crippen molar-refractivity contribution in [1.82, 2.24) is 15.4 Å². The Bertz CT molecular complexity index is 625. The summed E-state index contributed by atoms with van der Waals surface area (Å²) in [6.45, 7) is 1.66. The quantitative estimate of drug-likeness (QED) is 0.391. The first-order valence-corrected chi connectivity index (χ1v) is 9.79. The van der Waals surface area contributed by atoms with Gasteiger partial charge in [-0.05, 0) is 18.4 Å². The molecule has 1 saturated carbocycles. The first-order valence-electron chi connectivity index (χ1n) is 7.90. The first kappa shape index (κ1) is 17.7. The van der Waals surface area contributed by atoms with Crippen LogP contribution in [-0.4, -0.2) is 47.3 Å². The topological polar surface area (TPSA) is 82.6 Å². The van der Waals surface area contributed by atoms with Crippen LogP contribution in [0.2, 0.25) is 0 Å². The molecule has 128 valence electrons. The van der Waals surface area contributed by atoms with Crippen molar-refractivity contribution in [2.24, 2.45) is 4.99 Å². The van der Waals surface area contributed by atoms with E-state index < -0.39 is 10.0 Å². The van der Waals surface area contributed by atoms with Crippen molar-refractivity contribution in [2.75, 3.05) is 32.9 Å². The molecule has 1 aromatic carbocycles. The van der Waals surface area contributed by atoms with Crippen molar-refractivity contribution in [3.63, 3.8) is 0 Å². The summed E-state index contributed by atoms with van der Waals surface area (Å²) in [6, 6.07) is 10.6. The molecule has 0 aliphatic heterocycles. The van der Waals surface area contributed by atoms with E-state index in [1.807, 2.05) is 6.07 Å². The Hall–Kier alpha value is -1.60. The van der Waals surface area contributed by atoms with Crippen LogP contribution in [0.5, 0.6) is 0 Å². The van der Waals surface area contributed by atoms with Crippen molar-refractivity contribution in [1.29, 1.82) is 0 Å². The molecule has 1 aromatic rings. The molecular formula is C16H26N4O2S. The normalized spacial score (nSPS) is 17.4. The van der Waals surface area contributed by atoms with Gasteiger partial charge in [0.2, 0.25) is 10.0 Å². The molecular weight excluding hydrogens is 312 g/mol. The smallest absolute Gasteiger partial charge is 0.208 e. The molecule has 1 fully saturated rings. The Morgan fingerprint density at radius 2 is 1.87 bits per heavy atom. The molecule has 7 heteroatoms. The van der Waals surface area contributed by atoms with Crippen molar-refractivity contribution in [3.05, 3.63) is 35.9 Å². The summed E-state index contributed by atoms with van der Waals surface area (Å²) in [7, 11) is -1.43. The van der Waals surface area contributed by atoms with E-state index in [-0.39, 0.29) is 5.41 Å². The highest BCUT2D eigenvalue weighted by molar-refractivity contribution is 7.88. The third-order valence-electron chi connectivity index (χ3n) is 4.30. The highest BCUT2D eigenvalue weighted by atomic mass is 32.2. The Morgan fingerprint density at radius 3 is 2.39 bits per heavy atom. The molecule has 2 rings (SSSR count). The van der Waals surface area contributed by atoms with Gasteiger partial charge in [0.05, 0.1) is 6.26 Å². The third-order valence-corrected chi connectivity index (χ3v) is 5.02. The number of hydrogen-bond acceptors (Lipinski definition) is 3. The number of nitrogens with one attached hydrogen (secondary N) is 3. The minimum atomic E-state index is -3.15. The SMILES string of the molecule is CN=C(NCCNS(C)(=O)=O)NCC1(c2ccccc2)CCC1. The van der Waals surface area contributed by atoms with Crippen LogP contribution in [0.25, 0.3) is 0 Å². The fourth-order valence-corrected chi connectivity index (χ4v) is 3.33. The number of sulfonamides is 1. The van der Waals surface area contributed by atoms with Crippen molar-refractivity contribution < 1.29 is 8.42 Å². The van der Waals surface area contributed by atoms with Crippen LogP contribution in [0.4, 0.5) is 0 Å². The number of guanidine groups is 1. The van der Waals surface area contributed by atoms with E-state index in [4.69, 9.17) is 0 Å². The van der Waals surface area contributed by atoms with Gasteiger partial charge < -0.3 is 10.6 Å². The molecule has 23 heavy (non-hydrogen) atoms. The van der Waals surface area contributed by atoms with Gasteiger partial charge in [0.1, 0.15) is 0 Å². The molecule has 0 heterocycles. The van der Waals surface area contributed by atoms with E-state index in [0.717, 1.165) is 12.8 Å². The molecule has 0 unspecified atom stereocenters. The maximum absolute atomic E-state index is 11.0. The second kappa shape index (κ2) is 7.79. The Morgan fingerprint density at radius 1 is 1.17 bits per heavy atom. The lowest BCUT2D eigenvalue weighted by molar-refractivity contribution is 0.244. The number of aliphatic imine (C=N–C) groups is 1. The third kappa shape index (κ3) is 5.21. The average molecular weight is 338 g/mol. The average Bonchev–Trinajstić information content (AvgIpc) is 2.48. The van der Waals surface area contributed by atoms with Gasteiger partial charge in [0.15, 0.2) is 5.96 Å². The summed E-state index contributed by atoms with van der Waals surface area (Å²) in [5.74, 6) is 0.697. The molecule has 0 radical (unpaired) electrons. The van der Waals surface area contributed by atoms with E-state index in [1.54, 1.807) is 7.05 Å². The summed E-state index contributed by atoms with van der Waals surface area (Å²) in [4.78, 5) is 4.19. The van der Waals surface area contributed by atoms with Gasteiger partial charge in [-0.25, -0.2) is 13.1 Å². The highest BCUT2D eigenvalue weighted by Crippen LogP contribution is 2.43. The fourth-order valence-electron chi connectivity index (χ4n) is 2.85. The summed E-state index contributed by atoms with van der Waals surface area (Å²) in [6.07, 6.45) is 4.76. The molecule has 0 atom stereocenters. The minimum Gasteiger partial charge on any atom is -0.356 e. The van der Waals surface area contributed by atoms with Crippen molar-refractivity contribution >= 4 is 16.0 Å². The lowest BCUT2D eigenvalue weighted by Crippen LogP contribution is -2.49. The van der Waals surface area contributed by atoms with Crippen LogP contribution in [0, 0.1) is 0 Å². The van der Waals surface area contributed by atoms with Crippen molar-refractivity contribution in [2.45, 2.75) is 24.7 Å².